The number of fused-ring (bicyclic) bond motifs is 1. The summed E-state index contributed by atoms with van der Waals surface area (Å²) in [5.74, 6) is 0.444. The Bertz CT molecular complexity index is 728. The van der Waals surface area contributed by atoms with Gasteiger partial charge in [0.15, 0.2) is 8.32 Å². The molecule has 2 aliphatic rings. The Balaban J connectivity index is 1.58. The molecule has 1 fully saturated rings. The molecular formula is C23H35NO4Si. The van der Waals surface area contributed by atoms with Gasteiger partial charge in [0, 0.05) is 19.1 Å². The number of aliphatic hydroxyl groups is 1. The number of hydrogen-bond donors (Lipinski definition) is 1. The molecule has 1 unspecified atom stereocenters. The van der Waals surface area contributed by atoms with Crippen LogP contribution in [0.15, 0.2) is 42.5 Å². The molecule has 1 aliphatic carbocycles. The maximum Gasteiger partial charge on any atom is 0.410 e. The third-order valence-corrected chi connectivity index (χ3v) is 11.3. The third-order valence-electron chi connectivity index (χ3n) is 6.81. The van der Waals surface area contributed by atoms with Gasteiger partial charge in [0.05, 0.1) is 12.1 Å². The van der Waals surface area contributed by atoms with Gasteiger partial charge in [-0.2, -0.15) is 0 Å². The average molecular weight is 418 g/mol. The molecular weight excluding hydrogens is 382 g/mol. The molecule has 1 amide bonds. The number of likely N-dealkylation sites (tertiary alicyclic amines) is 1. The van der Waals surface area contributed by atoms with Gasteiger partial charge in [0.1, 0.15) is 6.61 Å². The quantitative estimate of drug-likeness (QED) is 0.544. The average Bonchev–Trinajstić information content (AvgIpc) is 3.21. The Labute approximate surface area is 175 Å². The van der Waals surface area contributed by atoms with Crippen LogP contribution in [0.25, 0.3) is 0 Å². The van der Waals surface area contributed by atoms with Crippen molar-refractivity contribution in [1.29, 1.82) is 0 Å². The number of carbonyl (C=O) groups excluding carboxylic acids is 1. The third kappa shape index (κ3) is 4.93. The molecule has 0 bridgehead atoms. The fourth-order valence-electron chi connectivity index (χ4n) is 3.99. The molecule has 1 aliphatic heterocycles. The SMILES string of the molecule is CC(C)(C)[Si](C)(C)OCC[C@H]1CN(C(=O)OCc2ccccc2)[C@H]2C(O)C=C[C@@H]12. The highest BCUT2D eigenvalue weighted by Crippen LogP contribution is 2.41. The first kappa shape index (κ1) is 22.1. The molecule has 5 nitrogen and oxygen atoms in total. The van der Waals surface area contributed by atoms with Crippen molar-refractivity contribution >= 4 is 14.4 Å². The normalized spacial score (nSPS) is 26.6. The van der Waals surface area contributed by atoms with E-state index in [0.29, 0.717) is 13.2 Å². The first-order valence-electron chi connectivity index (χ1n) is 10.6. The second-order valence-electron chi connectivity index (χ2n) is 9.79. The van der Waals surface area contributed by atoms with Crippen LogP contribution in [0.4, 0.5) is 4.79 Å². The van der Waals surface area contributed by atoms with Crippen LogP contribution in [-0.4, -0.2) is 49.7 Å². The largest absolute Gasteiger partial charge is 0.445 e. The van der Waals surface area contributed by atoms with Crippen molar-refractivity contribution in [2.75, 3.05) is 13.2 Å². The number of ether oxygens (including phenoxy) is 1. The van der Waals surface area contributed by atoms with Crippen LogP contribution in [0.3, 0.4) is 0 Å². The highest BCUT2D eigenvalue weighted by molar-refractivity contribution is 6.74. The van der Waals surface area contributed by atoms with Crippen LogP contribution in [0.5, 0.6) is 0 Å². The molecule has 1 saturated heterocycles. The zero-order valence-corrected chi connectivity index (χ0v) is 19.3. The summed E-state index contributed by atoms with van der Waals surface area (Å²) in [6.07, 6.45) is 3.78. The molecule has 0 spiro atoms. The van der Waals surface area contributed by atoms with Gasteiger partial charge in [0.25, 0.3) is 0 Å². The minimum Gasteiger partial charge on any atom is -0.445 e. The smallest absolute Gasteiger partial charge is 0.410 e. The van der Waals surface area contributed by atoms with Gasteiger partial charge in [-0.05, 0) is 36.0 Å². The van der Waals surface area contributed by atoms with Crippen LogP contribution in [0.2, 0.25) is 18.1 Å². The molecule has 4 atom stereocenters. The summed E-state index contributed by atoms with van der Waals surface area (Å²) in [5.41, 5.74) is 0.959. The van der Waals surface area contributed by atoms with Crippen molar-refractivity contribution in [2.45, 2.75) is 64.1 Å². The minimum atomic E-state index is -1.79. The van der Waals surface area contributed by atoms with E-state index in [1.54, 1.807) is 4.90 Å². The van der Waals surface area contributed by atoms with Crippen molar-refractivity contribution in [3.63, 3.8) is 0 Å². The predicted molar refractivity (Wildman–Crippen MR) is 117 cm³/mol. The predicted octanol–water partition coefficient (Wildman–Crippen LogP) is 4.58. The van der Waals surface area contributed by atoms with E-state index in [0.717, 1.165) is 12.0 Å². The first-order chi connectivity index (χ1) is 13.6. The summed E-state index contributed by atoms with van der Waals surface area (Å²) in [4.78, 5) is 14.5. The lowest BCUT2D eigenvalue weighted by Gasteiger charge is -2.36. The standard InChI is InChI=1S/C23H35NO4Si/c1-23(2,3)29(4,5)28-14-13-18-15-24(21-19(18)11-12-20(21)25)22(26)27-16-17-9-7-6-8-10-17/h6-12,18-21,25H,13-16H2,1-5H3/t18-,19-,20?,21+/m0/s1. The lowest BCUT2D eigenvalue weighted by atomic mass is 9.90. The highest BCUT2D eigenvalue weighted by Gasteiger charge is 2.48. The molecule has 1 aromatic carbocycles. The van der Waals surface area contributed by atoms with Gasteiger partial charge in [0.2, 0.25) is 0 Å². The number of nitrogens with zero attached hydrogens (tertiary/aromatic N) is 1. The Morgan fingerprint density at radius 1 is 1.21 bits per heavy atom. The number of aliphatic hydroxyl groups excluding tert-OH is 1. The van der Waals surface area contributed by atoms with Gasteiger partial charge in [-0.15, -0.1) is 0 Å². The minimum absolute atomic E-state index is 0.164. The lowest BCUT2D eigenvalue weighted by Crippen LogP contribution is -2.42. The van der Waals surface area contributed by atoms with Crippen molar-refractivity contribution in [3.05, 3.63) is 48.0 Å². The van der Waals surface area contributed by atoms with Crippen LogP contribution in [0, 0.1) is 11.8 Å². The second-order valence-corrected chi connectivity index (χ2v) is 14.6. The Morgan fingerprint density at radius 3 is 2.55 bits per heavy atom. The van der Waals surface area contributed by atoms with Crippen molar-refractivity contribution in [1.82, 2.24) is 4.90 Å². The van der Waals surface area contributed by atoms with Crippen molar-refractivity contribution < 1.29 is 19.1 Å². The molecule has 0 radical (unpaired) electrons. The summed E-state index contributed by atoms with van der Waals surface area (Å²) in [6, 6.07) is 9.44. The zero-order chi connectivity index (χ0) is 21.2. The number of rotatable bonds is 6. The van der Waals surface area contributed by atoms with E-state index in [1.807, 2.05) is 36.4 Å². The molecule has 0 aromatic heterocycles. The van der Waals surface area contributed by atoms with Crippen molar-refractivity contribution in [3.8, 4) is 0 Å². The van der Waals surface area contributed by atoms with Crippen LogP contribution in [0.1, 0.15) is 32.8 Å². The maximum absolute atomic E-state index is 12.8. The molecule has 1 N–H and O–H groups in total. The van der Waals surface area contributed by atoms with Gasteiger partial charge < -0.3 is 19.2 Å². The molecule has 160 valence electrons. The number of carbonyl (C=O) groups is 1. The van der Waals surface area contributed by atoms with E-state index >= 15 is 0 Å². The molecule has 6 heteroatoms. The zero-order valence-electron chi connectivity index (χ0n) is 18.3. The number of hydrogen-bond acceptors (Lipinski definition) is 4. The number of benzene rings is 1. The van der Waals surface area contributed by atoms with Gasteiger partial charge >= 0.3 is 6.09 Å². The van der Waals surface area contributed by atoms with E-state index in [2.05, 4.69) is 39.9 Å². The van der Waals surface area contributed by atoms with E-state index in [-0.39, 0.29) is 35.6 Å². The Kier molecular flexibility index (Phi) is 6.56. The van der Waals surface area contributed by atoms with E-state index < -0.39 is 14.4 Å². The maximum atomic E-state index is 12.8. The second kappa shape index (κ2) is 8.62. The van der Waals surface area contributed by atoms with Crippen LogP contribution < -0.4 is 0 Å². The van der Waals surface area contributed by atoms with E-state index in [1.165, 1.54) is 0 Å². The molecule has 0 saturated carbocycles. The summed E-state index contributed by atoms with van der Waals surface area (Å²) in [6.45, 7) is 12.8. The molecule has 29 heavy (non-hydrogen) atoms. The monoisotopic (exact) mass is 417 g/mol. The first-order valence-corrected chi connectivity index (χ1v) is 13.5. The summed E-state index contributed by atoms with van der Waals surface area (Å²) >= 11 is 0. The molecule has 3 rings (SSSR count). The lowest BCUT2D eigenvalue weighted by molar-refractivity contribution is 0.0626. The fourth-order valence-corrected chi connectivity index (χ4v) is 5.05. The molecule has 1 aromatic rings. The van der Waals surface area contributed by atoms with Crippen molar-refractivity contribution in [2.24, 2.45) is 11.8 Å². The van der Waals surface area contributed by atoms with Crippen LogP contribution >= 0.6 is 0 Å². The summed E-state index contributed by atoms with van der Waals surface area (Å²) in [5, 5.41) is 10.6. The highest BCUT2D eigenvalue weighted by atomic mass is 28.4. The topological polar surface area (TPSA) is 59.0 Å². The molecule has 1 heterocycles. The summed E-state index contributed by atoms with van der Waals surface area (Å²) < 4.78 is 11.9. The van der Waals surface area contributed by atoms with Gasteiger partial charge in [-0.3, -0.25) is 0 Å². The Morgan fingerprint density at radius 2 is 1.90 bits per heavy atom. The van der Waals surface area contributed by atoms with E-state index in [9.17, 15) is 9.90 Å². The van der Waals surface area contributed by atoms with E-state index in [4.69, 9.17) is 9.16 Å². The summed E-state index contributed by atoms with van der Waals surface area (Å²) in [7, 11) is -1.79. The van der Waals surface area contributed by atoms with Crippen LogP contribution in [-0.2, 0) is 15.8 Å². The van der Waals surface area contributed by atoms with Gasteiger partial charge in [-0.1, -0.05) is 63.3 Å². The fraction of sp³-hybridized carbons (Fsp3) is 0.609. The Hall–Kier alpha value is -1.63. The number of amides is 1. The van der Waals surface area contributed by atoms with Gasteiger partial charge in [-0.25, -0.2) is 4.79 Å².